The highest BCUT2D eigenvalue weighted by atomic mass is 19.1. The second-order valence-corrected chi connectivity index (χ2v) is 1.90. The molecule has 0 aromatic heterocycles. The Bertz CT molecular complexity index is 382. The van der Waals surface area contributed by atoms with E-state index in [-0.39, 0.29) is 0 Å². The lowest BCUT2D eigenvalue weighted by Gasteiger charge is -1.98. The van der Waals surface area contributed by atoms with Crippen LogP contribution in [0.5, 0.6) is 0 Å². The fourth-order valence-corrected chi connectivity index (χ4v) is 0.677. The summed E-state index contributed by atoms with van der Waals surface area (Å²) in [5.41, 5.74) is 7.14. The van der Waals surface area contributed by atoms with Crippen LogP contribution in [0, 0.1) is 11.6 Å². The molecule has 1 aromatic carbocycles. The van der Waals surface area contributed by atoms with Crippen molar-refractivity contribution in [3.05, 3.63) is 45.8 Å². The molecule has 1 aromatic rings. The normalized spacial score (nSPS) is 12.8. The van der Waals surface area contributed by atoms with Gasteiger partial charge in [0.15, 0.2) is 0 Å². The van der Waals surface area contributed by atoms with Crippen LogP contribution in [0.3, 0.4) is 0 Å². The molecule has 5 heteroatoms. The Morgan fingerprint density at radius 1 is 1.50 bits per heavy atom. The number of nitrogens with zero attached hydrogens (tertiary/aromatic N) is 3. The summed E-state index contributed by atoms with van der Waals surface area (Å²) in [7, 11) is 0. The van der Waals surface area contributed by atoms with Gasteiger partial charge in [-0.3, -0.25) is 0 Å². The summed E-state index contributed by atoms with van der Waals surface area (Å²) in [5.74, 6) is -2.16. The summed E-state index contributed by atoms with van der Waals surface area (Å²) < 4.78 is 40.2. The predicted molar refractivity (Wildman–Crippen MR) is 39.2 cm³/mol. The topological polar surface area (TPSA) is 48.8 Å². The molecule has 0 radical (unpaired) electrons. The molecule has 3 nitrogen and oxygen atoms in total. The van der Waals surface area contributed by atoms with Gasteiger partial charge in [0.2, 0.25) is 0 Å². The standard InChI is InChI=1S/C7H5F2N3/c8-6-2-1-3-7(9)5(6)4-11-12-10/h1-3H,4H2/i4D2. The van der Waals surface area contributed by atoms with E-state index in [1.54, 1.807) is 0 Å². The van der Waals surface area contributed by atoms with Gasteiger partial charge in [-0.25, -0.2) is 8.78 Å². The maximum atomic E-state index is 13.0. The van der Waals surface area contributed by atoms with Gasteiger partial charge in [0.1, 0.15) is 11.6 Å². The quantitative estimate of drug-likeness (QED) is 0.373. The number of hydrogen-bond acceptors (Lipinski definition) is 1. The van der Waals surface area contributed by atoms with Crippen LogP contribution in [0.1, 0.15) is 8.30 Å². The Morgan fingerprint density at radius 3 is 2.58 bits per heavy atom. The van der Waals surface area contributed by atoms with Crippen molar-refractivity contribution in [3.8, 4) is 0 Å². The highest BCUT2D eigenvalue weighted by Gasteiger charge is 2.05. The lowest BCUT2D eigenvalue weighted by Crippen LogP contribution is -1.92. The van der Waals surface area contributed by atoms with Crippen molar-refractivity contribution in [3.63, 3.8) is 0 Å². The first-order valence-electron chi connectivity index (χ1n) is 4.00. The molecule has 0 N–H and O–H groups in total. The SMILES string of the molecule is [2H]C([2H])(N=[N+]=[N-])c1c(F)cccc1F. The minimum Gasteiger partial charge on any atom is -0.207 e. The van der Waals surface area contributed by atoms with Crippen molar-refractivity contribution < 1.29 is 11.5 Å². The van der Waals surface area contributed by atoms with Crippen LogP contribution < -0.4 is 0 Å². The average molecular weight is 171 g/mol. The zero-order chi connectivity index (χ0) is 10.8. The summed E-state index contributed by atoms with van der Waals surface area (Å²) in [6.07, 6.45) is 0. The van der Waals surface area contributed by atoms with Gasteiger partial charge in [-0.05, 0) is 17.7 Å². The molecule has 0 heterocycles. The summed E-state index contributed by atoms with van der Waals surface area (Å²) in [4.78, 5) is 2.18. The number of halogens is 2. The van der Waals surface area contributed by atoms with Gasteiger partial charge in [0.25, 0.3) is 0 Å². The first-order valence-corrected chi connectivity index (χ1v) is 3.00. The zero-order valence-electron chi connectivity index (χ0n) is 7.83. The van der Waals surface area contributed by atoms with Crippen LogP contribution in [0.4, 0.5) is 8.78 Å². The molecule has 0 atom stereocenters. The predicted octanol–water partition coefficient (Wildman–Crippen LogP) is 2.78. The molecule has 0 saturated carbocycles. The molecule has 1 rings (SSSR count). The monoisotopic (exact) mass is 171 g/mol. The first kappa shape index (κ1) is 5.97. The van der Waals surface area contributed by atoms with Gasteiger partial charge in [-0.1, -0.05) is 11.2 Å². The molecule has 0 unspecified atom stereocenters. The zero-order valence-corrected chi connectivity index (χ0v) is 5.83. The van der Waals surface area contributed by atoms with Crippen molar-refractivity contribution in [2.45, 2.75) is 6.50 Å². The van der Waals surface area contributed by atoms with Crippen molar-refractivity contribution in [2.75, 3.05) is 0 Å². The molecule has 0 aliphatic heterocycles. The van der Waals surface area contributed by atoms with Crippen LogP contribution in [-0.2, 0) is 6.50 Å². The number of benzene rings is 1. The van der Waals surface area contributed by atoms with E-state index in [4.69, 9.17) is 8.27 Å². The molecule has 0 spiro atoms. The minimum absolute atomic E-state index is 0.877. The van der Waals surface area contributed by atoms with E-state index in [1.165, 1.54) is 0 Å². The number of hydrogen-bond donors (Lipinski definition) is 0. The van der Waals surface area contributed by atoms with Crippen molar-refractivity contribution in [2.24, 2.45) is 5.11 Å². The van der Waals surface area contributed by atoms with Gasteiger partial charge in [0.05, 0.1) is 6.50 Å². The van der Waals surface area contributed by atoms with Crippen LogP contribution >= 0.6 is 0 Å². The van der Waals surface area contributed by atoms with Gasteiger partial charge in [-0.2, -0.15) is 0 Å². The molecule has 62 valence electrons. The second kappa shape index (κ2) is 3.69. The third kappa shape index (κ3) is 1.71. The maximum Gasteiger partial charge on any atom is 0.129 e. The minimum atomic E-state index is -2.72. The molecular weight excluding hydrogens is 164 g/mol. The molecule has 0 saturated heterocycles. The highest BCUT2D eigenvalue weighted by Crippen LogP contribution is 2.12. The van der Waals surface area contributed by atoms with E-state index in [0.29, 0.717) is 0 Å². The lowest BCUT2D eigenvalue weighted by molar-refractivity contribution is 0.556. The highest BCUT2D eigenvalue weighted by molar-refractivity contribution is 5.19. The van der Waals surface area contributed by atoms with E-state index in [1.807, 2.05) is 0 Å². The van der Waals surface area contributed by atoms with Crippen LogP contribution in [-0.4, -0.2) is 0 Å². The fraction of sp³-hybridized carbons (Fsp3) is 0.143. The van der Waals surface area contributed by atoms with E-state index in [2.05, 4.69) is 10.0 Å². The second-order valence-electron chi connectivity index (χ2n) is 1.90. The number of azide groups is 1. The third-order valence-electron chi connectivity index (χ3n) is 1.17. The molecule has 0 bridgehead atoms. The Morgan fingerprint density at radius 2 is 2.08 bits per heavy atom. The van der Waals surface area contributed by atoms with E-state index in [9.17, 15) is 8.78 Å². The Labute approximate surface area is 70.1 Å². The Balaban J connectivity index is 3.37. The van der Waals surface area contributed by atoms with Crippen LogP contribution in [0.25, 0.3) is 10.4 Å². The smallest absolute Gasteiger partial charge is 0.129 e. The fourth-order valence-electron chi connectivity index (χ4n) is 0.677. The van der Waals surface area contributed by atoms with Crippen molar-refractivity contribution in [1.82, 2.24) is 0 Å². The average Bonchev–Trinajstić information content (AvgIpc) is 2.02. The van der Waals surface area contributed by atoms with Gasteiger partial charge in [0, 0.05) is 13.2 Å². The Kier molecular flexibility index (Phi) is 1.83. The molecule has 0 amide bonds. The molecule has 0 aliphatic carbocycles. The first-order chi connectivity index (χ1) is 6.49. The summed E-state index contributed by atoms with van der Waals surface area (Å²) >= 11 is 0. The lowest BCUT2D eigenvalue weighted by atomic mass is 10.2. The third-order valence-corrected chi connectivity index (χ3v) is 1.17. The van der Waals surface area contributed by atoms with Gasteiger partial charge in [-0.15, -0.1) is 0 Å². The molecule has 0 fully saturated rings. The number of rotatable bonds is 2. The molecule has 12 heavy (non-hydrogen) atoms. The largest absolute Gasteiger partial charge is 0.207 e. The van der Waals surface area contributed by atoms with Crippen molar-refractivity contribution >= 4 is 0 Å². The van der Waals surface area contributed by atoms with Gasteiger partial charge < -0.3 is 0 Å². The van der Waals surface area contributed by atoms with Crippen molar-refractivity contribution in [1.29, 1.82) is 0 Å². The van der Waals surface area contributed by atoms with Gasteiger partial charge >= 0.3 is 0 Å². The van der Waals surface area contributed by atoms with E-state index in [0.717, 1.165) is 18.2 Å². The summed E-state index contributed by atoms with van der Waals surface area (Å²) in [6, 6.07) is 2.88. The Hall–Kier alpha value is -1.61. The summed E-state index contributed by atoms with van der Waals surface area (Å²) in [5, 5.41) is 2.68. The molecular formula is C7H5F2N3. The maximum absolute atomic E-state index is 13.0. The van der Waals surface area contributed by atoms with Crippen LogP contribution in [0.2, 0.25) is 0 Å². The summed E-state index contributed by atoms with van der Waals surface area (Å²) in [6.45, 7) is -2.72. The van der Waals surface area contributed by atoms with E-state index < -0.39 is 23.7 Å². The molecule has 0 aliphatic rings. The van der Waals surface area contributed by atoms with E-state index >= 15 is 0 Å². The van der Waals surface area contributed by atoms with Crippen LogP contribution in [0.15, 0.2) is 23.3 Å².